The summed E-state index contributed by atoms with van der Waals surface area (Å²) in [4.78, 5) is 64.0. The lowest BCUT2D eigenvalue weighted by Crippen LogP contribution is -2.62. The van der Waals surface area contributed by atoms with Gasteiger partial charge in [-0.25, -0.2) is 4.98 Å². The molecule has 2 aliphatic heterocycles. The molecule has 3 atom stereocenters. The molecule has 6 rings (SSSR count). The summed E-state index contributed by atoms with van der Waals surface area (Å²) in [5.41, 5.74) is 7.53. The summed E-state index contributed by atoms with van der Waals surface area (Å²) in [6.07, 6.45) is 3.76. The number of nitrogens with one attached hydrogen (secondary N) is 2. The molecular formula is C36H39N7O4S. The Balaban J connectivity index is 1.23. The number of Topliss-reactive ketones (excluding diaryl/α,β-unsaturated/α-hetero) is 1. The molecule has 4 N–H and O–H groups in total. The third-order valence-electron chi connectivity index (χ3n) is 9.12. The highest BCUT2D eigenvalue weighted by Crippen LogP contribution is 2.25. The molecular weight excluding hydrogens is 627 g/mol. The summed E-state index contributed by atoms with van der Waals surface area (Å²) < 4.78 is 0. The zero-order valence-electron chi connectivity index (χ0n) is 26.6. The van der Waals surface area contributed by atoms with Gasteiger partial charge in [-0.15, -0.1) is 11.3 Å². The Labute approximate surface area is 283 Å². The molecule has 3 amide bonds. The van der Waals surface area contributed by atoms with E-state index in [1.807, 2.05) is 72.8 Å². The first-order valence-electron chi connectivity index (χ1n) is 16.2. The number of piperidine rings is 1. The van der Waals surface area contributed by atoms with E-state index in [2.05, 4.69) is 10.3 Å². The number of piperazine rings is 1. The van der Waals surface area contributed by atoms with Crippen molar-refractivity contribution in [1.29, 1.82) is 5.41 Å². The monoisotopic (exact) mass is 665 g/mol. The maximum atomic E-state index is 14.1. The number of benzene rings is 3. The fourth-order valence-corrected chi connectivity index (χ4v) is 7.33. The molecule has 3 heterocycles. The van der Waals surface area contributed by atoms with Crippen LogP contribution in [-0.2, 0) is 27.3 Å². The first kappa shape index (κ1) is 32.8. The molecule has 11 nitrogen and oxygen atoms in total. The van der Waals surface area contributed by atoms with Gasteiger partial charge in [-0.1, -0.05) is 72.8 Å². The number of rotatable bonds is 11. The number of hydrogen-bond acceptors (Lipinski definition) is 7. The molecule has 0 spiro atoms. The van der Waals surface area contributed by atoms with Crippen LogP contribution in [0.25, 0.3) is 10.8 Å². The number of carbonyl (C=O) groups is 4. The van der Waals surface area contributed by atoms with Crippen LogP contribution in [0.4, 0.5) is 0 Å². The van der Waals surface area contributed by atoms with Crippen LogP contribution < -0.4 is 11.1 Å². The van der Waals surface area contributed by atoms with Gasteiger partial charge in [0.15, 0.2) is 11.0 Å². The van der Waals surface area contributed by atoms with Crippen LogP contribution >= 0.6 is 11.3 Å². The number of thiazole rings is 1. The van der Waals surface area contributed by atoms with Crippen LogP contribution in [0.5, 0.6) is 0 Å². The van der Waals surface area contributed by atoms with E-state index in [9.17, 15) is 19.2 Å². The smallest absolute Gasteiger partial charge is 0.246 e. The minimum absolute atomic E-state index is 0.0152. The number of aromatic nitrogens is 1. The molecule has 4 aromatic rings. The summed E-state index contributed by atoms with van der Waals surface area (Å²) in [5, 5.41) is 14.8. The minimum Gasteiger partial charge on any atom is -0.370 e. The maximum Gasteiger partial charge on any atom is 0.246 e. The van der Waals surface area contributed by atoms with Gasteiger partial charge in [0.05, 0.1) is 6.04 Å². The lowest BCUT2D eigenvalue weighted by molar-refractivity contribution is -0.157. The van der Waals surface area contributed by atoms with Gasteiger partial charge >= 0.3 is 0 Å². The maximum absolute atomic E-state index is 14.1. The fourth-order valence-electron chi connectivity index (χ4n) is 6.70. The highest BCUT2D eigenvalue weighted by molar-refractivity contribution is 7.11. The molecule has 2 aliphatic rings. The average molecular weight is 666 g/mol. The lowest BCUT2D eigenvalue weighted by Gasteiger charge is -2.40. The molecule has 248 valence electrons. The van der Waals surface area contributed by atoms with Gasteiger partial charge in [0, 0.05) is 37.6 Å². The Morgan fingerprint density at radius 3 is 2.54 bits per heavy atom. The number of ketones is 1. The second-order valence-electron chi connectivity index (χ2n) is 12.5. The van der Waals surface area contributed by atoms with Gasteiger partial charge in [0.2, 0.25) is 23.5 Å². The van der Waals surface area contributed by atoms with E-state index in [0.717, 1.165) is 34.7 Å². The van der Waals surface area contributed by atoms with Crippen LogP contribution in [0.15, 0.2) is 84.4 Å². The normalized spacial score (nSPS) is 19.0. The molecule has 0 radical (unpaired) electrons. The Morgan fingerprint density at radius 2 is 1.79 bits per heavy atom. The molecule has 3 aromatic carbocycles. The van der Waals surface area contributed by atoms with Gasteiger partial charge in [0.25, 0.3) is 0 Å². The summed E-state index contributed by atoms with van der Waals surface area (Å²) in [6, 6.07) is 21.6. The van der Waals surface area contributed by atoms with Crippen molar-refractivity contribution in [2.45, 2.75) is 44.3 Å². The second-order valence-corrected chi connectivity index (χ2v) is 13.4. The van der Waals surface area contributed by atoms with Crippen molar-refractivity contribution in [3.63, 3.8) is 0 Å². The molecule has 0 saturated carbocycles. The highest BCUT2D eigenvalue weighted by atomic mass is 32.1. The SMILES string of the molecule is N=C(N)N1CCCC(CC(NC(=O)CN2C(=O)CN(Cc3ccccc3)C(=O)C2Cc2ccc3ccccc3c2)C(=O)c2nccs2)C1. The predicted octanol–water partition coefficient (Wildman–Crippen LogP) is 3.44. The van der Waals surface area contributed by atoms with Crippen LogP contribution in [0, 0.1) is 11.3 Å². The van der Waals surface area contributed by atoms with Gasteiger partial charge < -0.3 is 25.8 Å². The molecule has 3 unspecified atom stereocenters. The molecule has 2 saturated heterocycles. The average Bonchev–Trinajstić information content (AvgIpc) is 3.64. The highest BCUT2D eigenvalue weighted by Gasteiger charge is 2.41. The van der Waals surface area contributed by atoms with E-state index >= 15 is 0 Å². The van der Waals surface area contributed by atoms with E-state index in [-0.39, 0.29) is 60.5 Å². The van der Waals surface area contributed by atoms with Crippen molar-refractivity contribution in [2.24, 2.45) is 11.7 Å². The van der Waals surface area contributed by atoms with Gasteiger partial charge in [-0.3, -0.25) is 24.6 Å². The number of amides is 3. The Kier molecular flexibility index (Phi) is 10.1. The largest absolute Gasteiger partial charge is 0.370 e. The van der Waals surface area contributed by atoms with Crippen molar-refractivity contribution < 1.29 is 19.2 Å². The minimum atomic E-state index is -0.905. The third kappa shape index (κ3) is 7.71. The number of fused-ring (bicyclic) bond motifs is 1. The van der Waals surface area contributed by atoms with Crippen molar-refractivity contribution in [2.75, 3.05) is 26.2 Å². The number of carbonyl (C=O) groups excluding carboxylic acids is 4. The Hall–Kier alpha value is -5.10. The summed E-state index contributed by atoms with van der Waals surface area (Å²) in [6.45, 7) is 0.946. The second kappa shape index (κ2) is 14.8. The van der Waals surface area contributed by atoms with Crippen molar-refractivity contribution in [1.82, 2.24) is 25.0 Å². The summed E-state index contributed by atoms with van der Waals surface area (Å²) in [7, 11) is 0. The molecule has 1 aromatic heterocycles. The Bertz CT molecular complexity index is 1800. The molecule has 0 bridgehead atoms. The summed E-state index contributed by atoms with van der Waals surface area (Å²) >= 11 is 1.20. The number of guanidine groups is 1. The first-order chi connectivity index (χ1) is 23.2. The van der Waals surface area contributed by atoms with Gasteiger partial charge in [-0.2, -0.15) is 0 Å². The standard InChI is InChI=1S/C36H39N7O4S/c37-36(38)41-15-6-9-26(21-41)18-29(33(46)34-39-14-16-48-34)40-31(44)22-43-30(19-25-12-13-27-10-4-5-11-28(27)17-25)35(47)42(23-32(43)45)20-24-7-2-1-3-8-24/h1-5,7-8,10-14,16-17,26,29-30H,6,9,15,18-23H2,(H3,37,38)(H,40,44). The zero-order chi connectivity index (χ0) is 33.6. The molecule has 12 heteroatoms. The quantitative estimate of drug-likeness (QED) is 0.126. The number of nitrogens with zero attached hydrogens (tertiary/aromatic N) is 4. The Morgan fingerprint density at radius 1 is 1.02 bits per heavy atom. The number of hydrogen-bond donors (Lipinski definition) is 3. The fraction of sp³-hybridized carbons (Fsp3) is 0.333. The first-order valence-corrected chi connectivity index (χ1v) is 17.0. The summed E-state index contributed by atoms with van der Waals surface area (Å²) in [5.74, 6) is -1.40. The predicted molar refractivity (Wildman–Crippen MR) is 184 cm³/mol. The van der Waals surface area contributed by atoms with E-state index in [1.165, 1.54) is 16.2 Å². The number of likely N-dealkylation sites (tertiary alicyclic amines) is 1. The molecule has 48 heavy (non-hydrogen) atoms. The van der Waals surface area contributed by atoms with Crippen LogP contribution in [0.3, 0.4) is 0 Å². The van der Waals surface area contributed by atoms with Crippen molar-refractivity contribution >= 4 is 51.6 Å². The van der Waals surface area contributed by atoms with Crippen molar-refractivity contribution in [3.8, 4) is 0 Å². The van der Waals surface area contributed by atoms with E-state index < -0.39 is 18.0 Å². The zero-order valence-corrected chi connectivity index (χ0v) is 27.4. The van der Waals surface area contributed by atoms with Crippen LogP contribution in [0.1, 0.15) is 40.2 Å². The van der Waals surface area contributed by atoms with Gasteiger partial charge in [0.1, 0.15) is 19.1 Å². The lowest BCUT2D eigenvalue weighted by atomic mass is 9.90. The van der Waals surface area contributed by atoms with E-state index in [4.69, 9.17) is 11.1 Å². The topological polar surface area (TPSA) is 153 Å². The van der Waals surface area contributed by atoms with E-state index in [0.29, 0.717) is 19.5 Å². The third-order valence-corrected chi connectivity index (χ3v) is 9.90. The van der Waals surface area contributed by atoms with Crippen LogP contribution in [0.2, 0.25) is 0 Å². The molecule has 2 fully saturated rings. The van der Waals surface area contributed by atoms with E-state index in [1.54, 1.807) is 21.4 Å². The molecule has 0 aliphatic carbocycles. The van der Waals surface area contributed by atoms with Crippen LogP contribution in [-0.4, -0.2) is 87.4 Å². The number of nitrogens with two attached hydrogens (primary N) is 1. The van der Waals surface area contributed by atoms with Gasteiger partial charge in [-0.05, 0) is 47.1 Å². The van der Waals surface area contributed by atoms with Crippen molar-refractivity contribution in [3.05, 3.63) is 101 Å².